The van der Waals surface area contributed by atoms with Gasteiger partial charge in [0.25, 0.3) is 0 Å². The molecule has 2 unspecified atom stereocenters. The zero-order valence-electron chi connectivity index (χ0n) is 15.9. The number of fused-ring (bicyclic) bond motifs is 5. The summed E-state index contributed by atoms with van der Waals surface area (Å²) < 4.78 is 5.54. The maximum Gasteiger partial charge on any atom is 0.302 e. The van der Waals surface area contributed by atoms with Crippen LogP contribution in [0.5, 0.6) is 0 Å². The van der Waals surface area contributed by atoms with Crippen LogP contribution >= 0.6 is 0 Å². The molecule has 0 aromatic rings. The van der Waals surface area contributed by atoms with Crippen molar-refractivity contribution >= 4 is 5.97 Å². The van der Waals surface area contributed by atoms with Gasteiger partial charge in [0.15, 0.2) is 0 Å². The van der Waals surface area contributed by atoms with E-state index >= 15 is 0 Å². The van der Waals surface area contributed by atoms with Gasteiger partial charge in [0, 0.05) is 13.3 Å². The second kappa shape index (κ2) is 5.61. The average molecular weight is 331 g/mol. The summed E-state index contributed by atoms with van der Waals surface area (Å²) in [5, 5.41) is 0. The fraction of sp³-hybridized carbons (Fsp3) is 0.864. The molecule has 0 aliphatic heterocycles. The Bertz CT molecular complexity index is 564. The molecule has 0 amide bonds. The SMILES string of the molecule is CC(=O)O[C@H]1CC[C@@]2(C)C(=CC[C@@H]3C2CC[C@@]2(C)C3CC[C@@H]2C)C1. The first-order valence-corrected chi connectivity index (χ1v) is 10.2. The van der Waals surface area contributed by atoms with Gasteiger partial charge >= 0.3 is 5.97 Å². The van der Waals surface area contributed by atoms with Gasteiger partial charge in [0.2, 0.25) is 0 Å². The van der Waals surface area contributed by atoms with Gasteiger partial charge in [-0.05, 0) is 79.4 Å². The molecular weight excluding hydrogens is 296 g/mol. The monoisotopic (exact) mass is 330 g/mol. The quantitative estimate of drug-likeness (QED) is 0.467. The van der Waals surface area contributed by atoms with Gasteiger partial charge < -0.3 is 4.74 Å². The number of esters is 1. The molecule has 4 aliphatic carbocycles. The Morgan fingerprint density at radius 2 is 1.92 bits per heavy atom. The Hall–Kier alpha value is -0.790. The van der Waals surface area contributed by atoms with Crippen LogP contribution in [0.25, 0.3) is 0 Å². The van der Waals surface area contributed by atoms with Gasteiger partial charge in [-0.3, -0.25) is 4.79 Å². The highest BCUT2D eigenvalue weighted by Gasteiger charge is 2.57. The molecule has 0 heterocycles. The van der Waals surface area contributed by atoms with E-state index in [4.69, 9.17) is 4.74 Å². The molecular formula is C22H34O2. The van der Waals surface area contributed by atoms with E-state index in [1.165, 1.54) is 38.5 Å². The minimum atomic E-state index is -0.119. The predicted molar refractivity (Wildman–Crippen MR) is 96.4 cm³/mol. The molecule has 3 fully saturated rings. The van der Waals surface area contributed by atoms with Crippen LogP contribution in [0.2, 0.25) is 0 Å². The van der Waals surface area contributed by atoms with Crippen LogP contribution in [0.3, 0.4) is 0 Å². The van der Waals surface area contributed by atoms with Crippen molar-refractivity contribution in [3.63, 3.8) is 0 Å². The molecule has 0 N–H and O–H groups in total. The highest BCUT2D eigenvalue weighted by atomic mass is 16.5. The van der Waals surface area contributed by atoms with Crippen LogP contribution in [0.15, 0.2) is 11.6 Å². The smallest absolute Gasteiger partial charge is 0.302 e. The topological polar surface area (TPSA) is 26.3 Å². The molecule has 0 bridgehead atoms. The highest BCUT2D eigenvalue weighted by molar-refractivity contribution is 5.66. The molecule has 4 rings (SSSR count). The summed E-state index contributed by atoms with van der Waals surface area (Å²) in [7, 11) is 0. The van der Waals surface area contributed by atoms with Crippen molar-refractivity contribution in [1.82, 2.24) is 0 Å². The number of allylic oxidation sites excluding steroid dienone is 1. The van der Waals surface area contributed by atoms with Gasteiger partial charge in [0.05, 0.1) is 0 Å². The van der Waals surface area contributed by atoms with Crippen molar-refractivity contribution in [3.05, 3.63) is 11.6 Å². The lowest BCUT2D eigenvalue weighted by atomic mass is 9.47. The van der Waals surface area contributed by atoms with Crippen LogP contribution in [0, 0.1) is 34.5 Å². The molecule has 0 saturated heterocycles. The number of carbonyl (C=O) groups is 1. The minimum Gasteiger partial charge on any atom is -0.462 e. The van der Waals surface area contributed by atoms with E-state index in [0.717, 1.165) is 36.5 Å². The molecule has 4 aliphatic rings. The normalized spacial score (nSPS) is 50.3. The maximum atomic E-state index is 11.3. The Balaban J connectivity index is 1.59. The van der Waals surface area contributed by atoms with Crippen LogP contribution in [0.1, 0.15) is 79.1 Å². The predicted octanol–water partition coefficient (Wildman–Crippen LogP) is 5.52. The lowest BCUT2D eigenvalue weighted by Gasteiger charge is -2.58. The first-order chi connectivity index (χ1) is 11.3. The minimum absolute atomic E-state index is 0.119. The summed E-state index contributed by atoms with van der Waals surface area (Å²) in [6.45, 7) is 9.16. The third kappa shape index (κ3) is 2.31. The second-order valence-corrected chi connectivity index (χ2v) is 9.76. The third-order valence-electron chi connectivity index (χ3n) is 8.87. The van der Waals surface area contributed by atoms with Gasteiger partial charge in [-0.25, -0.2) is 0 Å². The highest BCUT2D eigenvalue weighted by Crippen LogP contribution is 2.66. The Morgan fingerprint density at radius 1 is 1.12 bits per heavy atom. The summed E-state index contributed by atoms with van der Waals surface area (Å²) >= 11 is 0. The number of hydrogen-bond acceptors (Lipinski definition) is 2. The molecule has 0 aromatic heterocycles. The number of carbonyl (C=O) groups excluding carboxylic acids is 1. The van der Waals surface area contributed by atoms with Crippen molar-refractivity contribution in [2.45, 2.75) is 85.2 Å². The van der Waals surface area contributed by atoms with Gasteiger partial charge in [-0.15, -0.1) is 0 Å². The first-order valence-electron chi connectivity index (χ1n) is 10.2. The Kier molecular flexibility index (Phi) is 3.89. The van der Waals surface area contributed by atoms with Crippen LogP contribution in [-0.2, 0) is 9.53 Å². The van der Waals surface area contributed by atoms with Crippen LogP contribution < -0.4 is 0 Å². The summed E-state index contributed by atoms with van der Waals surface area (Å²) in [6.07, 6.45) is 12.9. The van der Waals surface area contributed by atoms with Crippen LogP contribution in [-0.4, -0.2) is 12.1 Å². The standard InChI is InChI=1S/C22H34O2/c1-14-5-8-19-18-7-6-16-13-17(24-15(2)23)9-11-22(16,4)20(18)10-12-21(14,19)3/h6,14,17-20H,5,7-13H2,1-4H3/t14-,17-,18-,19?,20?,21+,22-/m0/s1. The molecule has 3 saturated carbocycles. The fourth-order valence-electron chi connectivity index (χ4n) is 7.23. The van der Waals surface area contributed by atoms with Crippen molar-refractivity contribution in [2.75, 3.05) is 0 Å². The lowest BCUT2D eigenvalue weighted by Crippen LogP contribution is -2.50. The molecule has 0 spiro atoms. The number of hydrogen-bond donors (Lipinski definition) is 0. The molecule has 2 nitrogen and oxygen atoms in total. The summed E-state index contributed by atoms with van der Waals surface area (Å²) in [4.78, 5) is 11.3. The summed E-state index contributed by atoms with van der Waals surface area (Å²) in [5.74, 6) is 3.48. The third-order valence-corrected chi connectivity index (χ3v) is 8.87. The van der Waals surface area contributed by atoms with E-state index in [1.807, 2.05) is 0 Å². The Labute approximate surface area is 147 Å². The van der Waals surface area contributed by atoms with E-state index in [9.17, 15) is 4.79 Å². The maximum absolute atomic E-state index is 11.3. The second-order valence-electron chi connectivity index (χ2n) is 9.76. The van der Waals surface area contributed by atoms with E-state index < -0.39 is 0 Å². The van der Waals surface area contributed by atoms with Gasteiger partial charge in [-0.1, -0.05) is 32.4 Å². The van der Waals surface area contributed by atoms with Gasteiger partial charge in [0.1, 0.15) is 6.10 Å². The van der Waals surface area contributed by atoms with Crippen molar-refractivity contribution in [3.8, 4) is 0 Å². The van der Waals surface area contributed by atoms with E-state index in [2.05, 4.69) is 26.8 Å². The molecule has 0 aromatic carbocycles. The zero-order valence-corrected chi connectivity index (χ0v) is 15.9. The van der Waals surface area contributed by atoms with E-state index in [-0.39, 0.29) is 12.1 Å². The summed E-state index contributed by atoms with van der Waals surface area (Å²) in [6, 6.07) is 0. The number of rotatable bonds is 1. The zero-order chi connectivity index (χ0) is 17.1. The van der Waals surface area contributed by atoms with Crippen molar-refractivity contribution in [2.24, 2.45) is 34.5 Å². The Morgan fingerprint density at radius 3 is 2.67 bits per heavy atom. The fourth-order valence-corrected chi connectivity index (χ4v) is 7.23. The van der Waals surface area contributed by atoms with Crippen molar-refractivity contribution < 1.29 is 9.53 Å². The molecule has 24 heavy (non-hydrogen) atoms. The molecule has 134 valence electrons. The van der Waals surface area contributed by atoms with E-state index in [1.54, 1.807) is 12.5 Å². The van der Waals surface area contributed by atoms with Crippen molar-refractivity contribution in [1.29, 1.82) is 0 Å². The largest absolute Gasteiger partial charge is 0.462 e. The first kappa shape index (κ1) is 16.7. The average Bonchev–Trinajstić information content (AvgIpc) is 2.83. The molecule has 0 radical (unpaired) electrons. The van der Waals surface area contributed by atoms with E-state index in [0.29, 0.717) is 10.8 Å². The number of ether oxygens (including phenoxy) is 1. The lowest BCUT2D eigenvalue weighted by molar-refractivity contribution is -0.148. The van der Waals surface area contributed by atoms with Gasteiger partial charge in [-0.2, -0.15) is 0 Å². The molecule has 2 heteroatoms. The summed E-state index contributed by atoms with van der Waals surface area (Å²) in [5.41, 5.74) is 2.57. The van der Waals surface area contributed by atoms with Crippen LogP contribution in [0.4, 0.5) is 0 Å². The molecule has 7 atom stereocenters.